The number of benzene rings is 7. The van der Waals surface area contributed by atoms with Gasteiger partial charge in [0.1, 0.15) is 23.0 Å². The third-order valence-electron chi connectivity index (χ3n) is 12.8. The highest BCUT2D eigenvalue weighted by Crippen LogP contribution is 2.43. The second kappa shape index (κ2) is 11.7. The van der Waals surface area contributed by atoms with E-state index in [9.17, 15) is 0 Å². The molecule has 0 amide bonds. The molecule has 10 heteroatoms. The quantitative estimate of drug-likeness (QED) is 0.129. The molecule has 272 valence electrons. The highest BCUT2D eigenvalue weighted by molar-refractivity contribution is 8.00. The number of fused-ring (bicyclic) bond motifs is 10. The van der Waals surface area contributed by atoms with Crippen LogP contribution >= 0.6 is 11.9 Å². The van der Waals surface area contributed by atoms with Gasteiger partial charge in [-0.15, -0.1) is 0 Å². The lowest BCUT2D eigenvalue weighted by Gasteiger charge is -2.41. The minimum Gasteiger partial charge on any atom is -0.458 e. The summed E-state index contributed by atoms with van der Waals surface area (Å²) < 4.78 is 16.0. The molecule has 0 aromatic heterocycles. The Bertz CT molecular complexity index is 2970. The molecule has 5 heterocycles. The van der Waals surface area contributed by atoms with Crippen LogP contribution in [0.3, 0.4) is 0 Å². The van der Waals surface area contributed by atoms with Crippen LogP contribution in [0.25, 0.3) is 0 Å². The van der Waals surface area contributed by atoms with Crippen LogP contribution in [-0.4, -0.2) is 26.4 Å². The highest BCUT2D eigenvalue weighted by atomic mass is 32.2. The van der Waals surface area contributed by atoms with Gasteiger partial charge in [-0.2, -0.15) is 0 Å². The Morgan fingerprint density at radius 2 is 1.14 bits per heavy atom. The van der Waals surface area contributed by atoms with Gasteiger partial charge < -0.3 is 25.8 Å². The number of rotatable bonds is 2. The number of aryl methyl sites for hydroxylation is 4. The Labute approximate surface area is 338 Å². The van der Waals surface area contributed by atoms with E-state index in [1.54, 1.807) is 11.9 Å². The van der Waals surface area contributed by atoms with Crippen LogP contribution in [0.2, 0.25) is 0 Å². The molecule has 0 saturated carbocycles. The molecule has 57 heavy (non-hydrogen) atoms. The second-order valence-corrected chi connectivity index (χ2v) is 17.0. The summed E-state index contributed by atoms with van der Waals surface area (Å²) in [7, 11) is 0. The zero-order valence-electron chi connectivity index (χ0n) is 32.4. The number of para-hydroxylation sites is 1. The van der Waals surface area contributed by atoms with E-state index in [4.69, 9.17) is 15.2 Å². The first kappa shape index (κ1) is 33.1. The van der Waals surface area contributed by atoms with Gasteiger partial charge in [0.05, 0.1) is 11.4 Å². The van der Waals surface area contributed by atoms with Crippen molar-refractivity contribution in [2.24, 2.45) is 0 Å². The maximum Gasteiger partial charge on any atom is 0.256 e. The van der Waals surface area contributed by atoms with E-state index >= 15 is 0 Å². The largest absolute Gasteiger partial charge is 0.458 e. The first-order valence-electron chi connectivity index (χ1n) is 19.7. The fraction of sp³-hybridized carbons (Fsp3) is 0.106. The molecule has 5 aliphatic rings. The van der Waals surface area contributed by atoms with Crippen molar-refractivity contribution in [3.63, 3.8) is 0 Å². The Morgan fingerprint density at radius 1 is 0.491 bits per heavy atom. The summed E-state index contributed by atoms with van der Waals surface area (Å²) in [4.78, 5) is 0. The third kappa shape index (κ3) is 4.59. The summed E-state index contributed by atoms with van der Waals surface area (Å²) in [5, 5.41) is 7.73. The maximum absolute atomic E-state index is 6.97. The molecule has 6 nitrogen and oxygen atoms in total. The second-order valence-electron chi connectivity index (χ2n) is 16.3. The predicted molar refractivity (Wildman–Crippen MR) is 245 cm³/mol. The minimum absolute atomic E-state index is 0.00109. The Kier molecular flexibility index (Phi) is 6.79. The average Bonchev–Trinajstić information content (AvgIpc) is 3.18. The van der Waals surface area contributed by atoms with Crippen molar-refractivity contribution in [3.8, 4) is 23.0 Å². The molecule has 7 aromatic rings. The molecule has 7 aromatic carbocycles. The summed E-state index contributed by atoms with van der Waals surface area (Å²) in [6.45, 7) is 8.78. The summed E-state index contributed by atoms with van der Waals surface area (Å²) in [5.41, 5.74) is 30.0. The summed E-state index contributed by atoms with van der Waals surface area (Å²) >= 11 is 1.71. The molecule has 0 atom stereocenters. The van der Waals surface area contributed by atoms with Gasteiger partial charge in [0.15, 0.2) is 0 Å². The molecule has 0 unspecified atom stereocenters. The standard InChI is InChI=1S/C47H37B3N4O2S/c1-24-14-27(4)45-37(15-24)52-35-22-36-32(20-31(35)48(45)29-11-7-6-10-26(29)3)50-34-21-33-39(23-42(34)56-44-19-28(51)18-38(53-36)46(44)50)54(57-5)40-16-25(2)17-43-47(40)49(33)30-12-8-9-13-41(30)55-43/h6-23,52-53H,51H2,1-5H3. The number of hydrogen-bond donors (Lipinski definition) is 3. The Morgan fingerprint density at radius 3 is 1.93 bits per heavy atom. The van der Waals surface area contributed by atoms with Crippen LogP contribution in [0.5, 0.6) is 23.0 Å². The number of nitrogens with one attached hydrogen (secondary N) is 2. The van der Waals surface area contributed by atoms with E-state index < -0.39 is 0 Å². The smallest absolute Gasteiger partial charge is 0.256 e. The van der Waals surface area contributed by atoms with E-state index in [1.807, 2.05) is 6.07 Å². The van der Waals surface area contributed by atoms with Gasteiger partial charge in [0, 0.05) is 46.8 Å². The van der Waals surface area contributed by atoms with Gasteiger partial charge in [-0.05, 0) is 131 Å². The summed E-state index contributed by atoms with van der Waals surface area (Å²) in [6, 6.07) is 40.0. The van der Waals surface area contributed by atoms with Gasteiger partial charge in [0.2, 0.25) is 6.71 Å². The van der Waals surface area contributed by atoms with Gasteiger partial charge >= 0.3 is 0 Å². The van der Waals surface area contributed by atoms with Crippen molar-refractivity contribution in [2.75, 3.05) is 26.9 Å². The number of hydrogen-bond acceptors (Lipinski definition) is 7. The van der Waals surface area contributed by atoms with Gasteiger partial charge in [0.25, 0.3) is 13.4 Å². The molecule has 0 saturated heterocycles. The van der Waals surface area contributed by atoms with Crippen LogP contribution < -0.4 is 79.3 Å². The summed E-state index contributed by atoms with van der Waals surface area (Å²) in [5.74, 6) is 3.49. The van der Waals surface area contributed by atoms with Crippen molar-refractivity contribution in [1.82, 2.24) is 0 Å². The fourth-order valence-electron chi connectivity index (χ4n) is 10.6. The molecule has 5 aliphatic heterocycles. The molecule has 0 aliphatic carbocycles. The van der Waals surface area contributed by atoms with Crippen LogP contribution in [0.1, 0.15) is 22.3 Å². The molecular formula is C47H37B3N4O2S. The van der Waals surface area contributed by atoms with Gasteiger partial charge in [-0.1, -0.05) is 77.3 Å². The van der Waals surface area contributed by atoms with Crippen LogP contribution in [-0.2, 0) is 0 Å². The molecule has 12 rings (SSSR count). The Hall–Kier alpha value is -6.12. The topological polar surface area (TPSA) is 71.8 Å². The van der Waals surface area contributed by atoms with Crippen molar-refractivity contribution in [3.05, 3.63) is 131 Å². The zero-order valence-corrected chi connectivity index (χ0v) is 33.2. The number of anilines is 7. The SMILES string of the molecule is CSN1c2cc3c(cc2B2c4ccccc4Oc4cc(C)cc1c42)B1c2cc4c(cc2Nc2cc(N)cc(c21)O3)Nc1cc(C)cc(C)c1B4c1ccccc1C. The van der Waals surface area contributed by atoms with E-state index in [-0.39, 0.29) is 20.1 Å². The van der Waals surface area contributed by atoms with E-state index in [2.05, 4.69) is 152 Å². The van der Waals surface area contributed by atoms with E-state index in [0.29, 0.717) is 5.69 Å². The summed E-state index contributed by atoms with van der Waals surface area (Å²) in [6.07, 6.45) is 2.14. The van der Waals surface area contributed by atoms with E-state index in [1.165, 1.54) is 60.6 Å². The van der Waals surface area contributed by atoms with Crippen LogP contribution in [0.15, 0.2) is 109 Å². The predicted octanol–water partition coefficient (Wildman–Crippen LogP) is 5.11. The van der Waals surface area contributed by atoms with Crippen LogP contribution in [0.4, 0.5) is 39.8 Å². The lowest BCUT2D eigenvalue weighted by atomic mass is 9.29. The van der Waals surface area contributed by atoms with Crippen LogP contribution in [0, 0.1) is 27.7 Å². The molecule has 0 bridgehead atoms. The van der Waals surface area contributed by atoms with Gasteiger partial charge in [-0.3, -0.25) is 4.31 Å². The van der Waals surface area contributed by atoms with Crippen molar-refractivity contribution in [1.29, 1.82) is 0 Å². The van der Waals surface area contributed by atoms with Crippen molar-refractivity contribution in [2.45, 2.75) is 27.7 Å². The van der Waals surface area contributed by atoms with Crippen molar-refractivity contribution >= 4 is 121 Å². The fourth-order valence-corrected chi connectivity index (χ4v) is 11.3. The Balaban J connectivity index is 1.12. The maximum atomic E-state index is 6.97. The first-order chi connectivity index (χ1) is 27.7. The average molecular weight is 754 g/mol. The number of ether oxygens (including phenoxy) is 2. The lowest BCUT2D eigenvalue weighted by Crippen LogP contribution is -2.64. The van der Waals surface area contributed by atoms with Crippen molar-refractivity contribution < 1.29 is 9.47 Å². The molecular weight excluding hydrogens is 717 g/mol. The lowest BCUT2D eigenvalue weighted by molar-refractivity contribution is 0.487. The third-order valence-corrected chi connectivity index (χ3v) is 13.5. The monoisotopic (exact) mass is 754 g/mol. The normalized spacial score (nSPS) is 14.3. The number of nitrogens with zero attached hydrogens (tertiary/aromatic N) is 1. The highest BCUT2D eigenvalue weighted by Gasteiger charge is 2.46. The zero-order chi connectivity index (χ0) is 38.4. The van der Waals surface area contributed by atoms with Gasteiger partial charge in [-0.25, -0.2) is 0 Å². The molecule has 0 radical (unpaired) electrons. The molecule has 0 fully saturated rings. The molecule has 4 N–H and O–H groups in total. The van der Waals surface area contributed by atoms with E-state index in [0.717, 1.165) is 67.9 Å². The minimum atomic E-state index is -0.0964. The number of nitrogen functional groups attached to an aromatic ring is 1. The number of nitrogens with two attached hydrogens (primary N) is 1. The molecule has 0 spiro atoms. The first-order valence-corrected chi connectivity index (χ1v) is 20.9.